The van der Waals surface area contributed by atoms with Crippen molar-refractivity contribution in [2.24, 2.45) is 0 Å². The minimum atomic E-state index is -0.343. The molecule has 3 aromatic carbocycles. The molecule has 7 heteroatoms. The highest BCUT2D eigenvalue weighted by Gasteiger charge is 2.15. The summed E-state index contributed by atoms with van der Waals surface area (Å²) in [6, 6.07) is 20.2. The lowest BCUT2D eigenvalue weighted by atomic mass is 9.87. The number of carbonyl (C=O) groups excluding carboxylic acids is 2. The number of nitrogens with one attached hydrogen (secondary N) is 2. The zero-order valence-corrected chi connectivity index (χ0v) is 23.0. The van der Waals surface area contributed by atoms with Crippen molar-refractivity contribution < 1.29 is 19.1 Å². The van der Waals surface area contributed by atoms with Gasteiger partial charge in [-0.1, -0.05) is 77.4 Å². The topological polar surface area (TPSA) is 76.7 Å². The first-order chi connectivity index (χ1) is 17.3. The van der Waals surface area contributed by atoms with Crippen molar-refractivity contribution in [1.29, 1.82) is 0 Å². The summed E-state index contributed by atoms with van der Waals surface area (Å²) in [7, 11) is 0. The number of ether oxygens (including phenoxy) is 2. The number of carbonyl (C=O) groups is 2. The number of halogens is 1. The third kappa shape index (κ3) is 8.53. The largest absolute Gasteiger partial charge is 0.484 e. The second-order valence-electron chi connectivity index (χ2n) is 10.9. The average molecular weight is 523 g/mol. The maximum atomic E-state index is 12.3. The van der Waals surface area contributed by atoms with Gasteiger partial charge in [0.1, 0.15) is 11.5 Å². The number of amides is 2. The van der Waals surface area contributed by atoms with Crippen LogP contribution >= 0.6 is 11.6 Å². The van der Waals surface area contributed by atoms with E-state index in [1.165, 1.54) is 11.1 Å². The second-order valence-corrected chi connectivity index (χ2v) is 11.3. The molecule has 0 spiro atoms. The Labute approximate surface area is 224 Å². The summed E-state index contributed by atoms with van der Waals surface area (Å²) in [6.45, 7) is 12.5. The Morgan fingerprint density at radius 2 is 1.11 bits per heavy atom. The van der Waals surface area contributed by atoms with Gasteiger partial charge in [0.2, 0.25) is 0 Å². The van der Waals surface area contributed by atoms with Gasteiger partial charge in [-0.15, -0.1) is 0 Å². The first-order valence-electron chi connectivity index (χ1n) is 12.2. The highest BCUT2D eigenvalue weighted by atomic mass is 35.5. The van der Waals surface area contributed by atoms with Crippen molar-refractivity contribution in [2.45, 2.75) is 52.4 Å². The third-order valence-corrected chi connectivity index (χ3v) is 6.02. The molecule has 0 heterocycles. The zero-order chi connectivity index (χ0) is 27.2. The van der Waals surface area contributed by atoms with Gasteiger partial charge in [0.25, 0.3) is 11.8 Å². The predicted octanol–water partition coefficient (Wildman–Crippen LogP) is 6.97. The fraction of sp³-hybridized carbons (Fsp3) is 0.333. The highest BCUT2D eigenvalue weighted by Crippen LogP contribution is 2.27. The summed E-state index contributed by atoms with van der Waals surface area (Å²) in [5.41, 5.74) is 3.38. The lowest BCUT2D eigenvalue weighted by Gasteiger charge is -2.19. The number of benzene rings is 3. The molecule has 0 aromatic heterocycles. The van der Waals surface area contributed by atoms with E-state index in [1.54, 1.807) is 18.2 Å². The molecule has 0 fully saturated rings. The van der Waals surface area contributed by atoms with E-state index in [4.69, 9.17) is 21.1 Å². The monoisotopic (exact) mass is 522 g/mol. The van der Waals surface area contributed by atoms with E-state index in [2.05, 4.69) is 52.2 Å². The van der Waals surface area contributed by atoms with Crippen LogP contribution in [0.5, 0.6) is 11.5 Å². The Morgan fingerprint density at radius 3 is 1.51 bits per heavy atom. The first kappa shape index (κ1) is 28.1. The van der Waals surface area contributed by atoms with Crippen molar-refractivity contribution in [3.8, 4) is 11.5 Å². The molecule has 0 bridgehead atoms. The SMILES string of the molecule is CC(C)(C)c1ccc(OCC(=O)Nc2ccc(NC(=O)COc3ccc(C(C)(C)C)cc3)c(Cl)c2)cc1. The van der Waals surface area contributed by atoms with Crippen LogP contribution < -0.4 is 20.1 Å². The Morgan fingerprint density at radius 1 is 0.676 bits per heavy atom. The van der Waals surface area contributed by atoms with Crippen LogP contribution in [0.3, 0.4) is 0 Å². The zero-order valence-electron chi connectivity index (χ0n) is 22.3. The summed E-state index contributed by atoms with van der Waals surface area (Å²) >= 11 is 6.32. The smallest absolute Gasteiger partial charge is 0.262 e. The van der Waals surface area contributed by atoms with Gasteiger partial charge in [-0.2, -0.15) is 0 Å². The Balaban J connectivity index is 1.47. The number of rotatable bonds is 8. The average Bonchev–Trinajstić information content (AvgIpc) is 2.82. The van der Waals surface area contributed by atoms with Crippen LogP contribution in [0.15, 0.2) is 66.7 Å². The van der Waals surface area contributed by atoms with E-state index in [-0.39, 0.29) is 35.9 Å². The van der Waals surface area contributed by atoms with E-state index in [9.17, 15) is 9.59 Å². The standard InChI is InChI=1S/C30H35ClN2O4/c1-29(2,3)20-7-12-23(13-8-20)36-18-27(34)32-22-11-16-26(25(31)17-22)33-28(35)19-37-24-14-9-21(10-15-24)30(4,5)6/h7-17H,18-19H2,1-6H3,(H,32,34)(H,33,35). The molecule has 3 rings (SSSR count). The maximum Gasteiger partial charge on any atom is 0.262 e. The Kier molecular flexibility index (Phi) is 8.87. The van der Waals surface area contributed by atoms with Crippen LogP contribution in [0, 0.1) is 0 Å². The molecule has 0 unspecified atom stereocenters. The summed E-state index contributed by atoms with van der Waals surface area (Å²) in [6.07, 6.45) is 0. The molecule has 2 amide bonds. The maximum absolute atomic E-state index is 12.3. The van der Waals surface area contributed by atoms with E-state index in [1.807, 2.05) is 48.5 Å². The normalized spacial score (nSPS) is 11.5. The van der Waals surface area contributed by atoms with Crippen LogP contribution in [0.1, 0.15) is 52.7 Å². The quantitative estimate of drug-likeness (QED) is 0.335. The van der Waals surface area contributed by atoms with Crippen molar-refractivity contribution in [3.63, 3.8) is 0 Å². The van der Waals surface area contributed by atoms with Crippen LogP contribution in [0.25, 0.3) is 0 Å². The molecular formula is C30H35ClN2O4. The fourth-order valence-electron chi connectivity index (χ4n) is 3.48. The van der Waals surface area contributed by atoms with Crippen LogP contribution in [-0.4, -0.2) is 25.0 Å². The molecule has 0 aliphatic carbocycles. The molecule has 0 saturated carbocycles. The van der Waals surface area contributed by atoms with Gasteiger partial charge in [0.15, 0.2) is 13.2 Å². The molecule has 37 heavy (non-hydrogen) atoms. The van der Waals surface area contributed by atoms with E-state index < -0.39 is 0 Å². The summed E-state index contributed by atoms with van der Waals surface area (Å²) in [5.74, 6) is 0.564. The molecule has 0 radical (unpaired) electrons. The molecule has 0 aliphatic rings. The molecule has 0 aliphatic heterocycles. The summed E-state index contributed by atoms with van der Waals surface area (Å²) in [4.78, 5) is 24.7. The lowest BCUT2D eigenvalue weighted by molar-refractivity contribution is -0.118. The van der Waals surface area contributed by atoms with Crippen LogP contribution in [0.4, 0.5) is 11.4 Å². The molecule has 3 aromatic rings. The molecule has 0 atom stereocenters. The van der Waals surface area contributed by atoms with Gasteiger partial charge in [0.05, 0.1) is 10.7 Å². The Hall–Kier alpha value is -3.51. The minimum Gasteiger partial charge on any atom is -0.484 e. The van der Waals surface area contributed by atoms with Crippen molar-refractivity contribution >= 4 is 34.8 Å². The molecule has 0 saturated heterocycles. The molecular weight excluding hydrogens is 488 g/mol. The summed E-state index contributed by atoms with van der Waals surface area (Å²) in [5, 5.41) is 5.76. The first-order valence-corrected chi connectivity index (χ1v) is 12.5. The van der Waals surface area contributed by atoms with Gasteiger partial charge in [0, 0.05) is 5.69 Å². The molecule has 6 nitrogen and oxygen atoms in total. The number of anilines is 2. The molecule has 2 N–H and O–H groups in total. The fourth-order valence-corrected chi connectivity index (χ4v) is 3.71. The molecule has 196 valence electrons. The van der Waals surface area contributed by atoms with Crippen molar-refractivity contribution in [2.75, 3.05) is 23.8 Å². The van der Waals surface area contributed by atoms with Gasteiger partial charge in [-0.25, -0.2) is 0 Å². The van der Waals surface area contributed by atoms with Crippen LogP contribution in [-0.2, 0) is 20.4 Å². The highest BCUT2D eigenvalue weighted by molar-refractivity contribution is 6.34. The van der Waals surface area contributed by atoms with Crippen LogP contribution in [0.2, 0.25) is 5.02 Å². The van der Waals surface area contributed by atoms with Crippen molar-refractivity contribution in [1.82, 2.24) is 0 Å². The number of hydrogen-bond acceptors (Lipinski definition) is 4. The van der Waals surface area contributed by atoms with E-state index >= 15 is 0 Å². The van der Waals surface area contributed by atoms with Gasteiger partial charge >= 0.3 is 0 Å². The summed E-state index contributed by atoms with van der Waals surface area (Å²) < 4.78 is 11.2. The van der Waals surface area contributed by atoms with Gasteiger partial charge in [-0.3, -0.25) is 9.59 Å². The van der Waals surface area contributed by atoms with Gasteiger partial charge < -0.3 is 20.1 Å². The third-order valence-electron chi connectivity index (χ3n) is 5.71. The van der Waals surface area contributed by atoms with E-state index in [0.717, 1.165) is 0 Å². The predicted molar refractivity (Wildman–Crippen MR) is 150 cm³/mol. The van der Waals surface area contributed by atoms with Gasteiger partial charge in [-0.05, 0) is 64.4 Å². The van der Waals surface area contributed by atoms with E-state index in [0.29, 0.717) is 27.9 Å². The Bertz CT molecular complexity index is 1220. The number of hydrogen-bond donors (Lipinski definition) is 2. The van der Waals surface area contributed by atoms with Crippen molar-refractivity contribution in [3.05, 3.63) is 82.9 Å². The minimum absolute atomic E-state index is 0.0453. The second kappa shape index (κ2) is 11.7. The lowest BCUT2D eigenvalue weighted by Crippen LogP contribution is -2.21.